The number of hydrogen-bond donors (Lipinski definition) is 3. The number of benzene rings is 1. The highest BCUT2D eigenvalue weighted by Gasteiger charge is 2.18. The summed E-state index contributed by atoms with van der Waals surface area (Å²) >= 11 is 6.01. The maximum atomic E-state index is 10.6. The van der Waals surface area contributed by atoms with Crippen molar-refractivity contribution in [3.63, 3.8) is 0 Å². The van der Waals surface area contributed by atoms with Crippen LogP contribution < -0.4 is 0 Å². The second-order valence-corrected chi connectivity index (χ2v) is 4.22. The number of phenols is 2. The van der Waals surface area contributed by atoms with Gasteiger partial charge in [0.2, 0.25) is 0 Å². The summed E-state index contributed by atoms with van der Waals surface area (Å²) in [5.41, 5.74) is 0.588. The summed E-state index contributed by atoms with van der Waals surface area (Å²) in [4.78, 5) is 10.6. The number of phenolic OH excluding ortho intramolecular Hbond substituents is 2. The molecule has 3 N–H and O–H groups in total. The van der Waals surface area contributed by atoms with Crippen LogP contribution in [-0.4, -0.2) is 21.3 Å². The summed E-state index contributed by atoms with van der Waals surface area (Å²) in [6, 6.07) is 4.22. The van der Waals surface area contributed by atoms with Crippen LogP contribution in [0.15, 0.2) is 18.2 Å². The van der Waals surface area contributed by atoms with Crippen LogP contribution in [0.5, 0.6) is 11.5 Å². The lowest BCUT2D eigenvalue weighted by Gasteiger charge is -2.13. The quantitative estimate of drug-likeness (QED) is 0.562. The molecule has 0 radical (unpaired) electrons. The van der Waals surface area contributed by atoms with Gasteiger partial charge in [-0.3, -0.25) is 4.79 Å². The Morgan fingerprint density at radius 1 is 1.38 bits per heavy atom. The summed E-state index contributed by atoms with van der Waals surface area (Å²) in [6.45, 7) is 1.57. The SMILES string of the molecule is C[C@@H](CC(Cl)c1ccc(O)c(O)c1)C(=O)O. The lowest BCUT2D eigenvalue weighted by molar-refractivity contribution is -0.141. The predicted molar refractivity (Wildman–Crippen MR) is 59.8 cm³/mol. The normalized spacial score (nSPS) is 14.4. The van der Waals surface area contributed by atoms with Crippen molar-refractivity contribution in [1.29, 1.82) is 0 Å². The van der Waals surface area contributed by atoms with E-state index >= 15 is 0 Å². The van der Waals surface area contributed by atoms with Crippen molar-refractivity contribution >= 4 is 17.6 Å². The summed E-state index contributed by atoms with van der Waals surface area (Å²) < 4.78 is 0. The molecule has 0 spiro atoms. The third-order valence-electron chi connectivity index (χ3n) is 2.34. The van der Waals surface area contributed by atoms with E-state index in [-0.39, 0.29) is 17.9 Å². The van der Waals surface area contributed by atoms with Gasteiger partial charge in [0, 0.05) is 0 Å². The van der Waals surface area contributed by atoms with Crippen molar-refractivity contribution in [2.24, 2.45) is 5.92 Å². The van der Waals surface area contributed by atoms with Crippen LogP contribution in [0, 0.1) is 5.92 Å². The number of carboxylic acid groups (broad SMARTS) is 1. The minimum atomic E-state index is -0.909. The van der Waals surface area contributed by atoms with Gasteiger partial charge in [0.05, 0.1) is 11.3 Å². The zero-order chi connectivity index (χ0) is 12.3. The average molecular weight is 245 g/mol. The van der Waals surface area contributed by atoms with Crippen LogP contribution in [0.2, 0.25) is 0 Å². The third-order valence-corrected chi connectivity index (χ3v) is 2.77. The number of halogens is 1. The third kappa shape index (κ3) is 3.03. The van der Waals surface area contributed by atoms with Crippen molar-refractivity contribution in [2.75, 3.05) is 0 Å². The number of alkyl halides is 1. The van der Waals surface area contributed by atoms with Gasteiger partial charge in [-0.1, -0.05) is 13.0 Å². The lowest BCUT2D eigenvalue weighted by atomic mass is 10.0. The fraction of sp³-hybridized carbons (Fsp3) is 0.364. The van der Waals surface area contributed by atoms with Crippen molar-refractivity contribution in [3.05, 3.63) is 23.8 Å². The molecule has 0 amide bonds. The number of carbonyl (C=O) groups is 1. The van der Waals surface area contributed by atoms with E-state index in [1.165, 1.54) is 12.1 Å². The summed E-state index contributed by atoms with van der Waals surface area (Å²) in [5.74, 6) is -1.95. The van der Waals surface area contributed by atoms with E-state index in [0.717, 1.165) is 0 Å². The van der Waals surface area contributed by atoms with Gasteiger partial charge in [0.25, 0.3) is 0 Å². The molecule has 5 heteroatoms. The van der Waals surface area contributed by atoms with Gasteiger partial charge in [-0.05, 0) is 24.1 Å². The number of rotatable bonds is 4. The van der Waals surface area contributed by atoms with Gasteiger partial charge >= 0.3 is 5.97 Å². The number of aliphatic carboxylic acids is 1. The molecule has 0 saturated heterocycles. The Morgan fingerprint density at radius 3 is 2.50 bits per heavy atom. The molecule has 0 bridgehead atoms. The van der Waals surface area contributed by atoms with Gasteiger partial charge < -0.3 is 15.3 Å². The summed E-state index contributed by atoms with van der Waals surface area (Å²) in [5, 5.41) is 26.6. The van der Waals surface area contributed by atoms with Crippen LogP contribution >= 0.6 is 11.6 Å². The second-order valence-electron chi connectivity index (χ2n) is 3.69. The Balaban J connectivity index is 2.76. The molecular formula is C11H13ClO4. The Bertz CT molecular complexity index is 392. The molecule has 0 aliphatic rings. The second kappa shape index (κ2) is 5.07. The Kier molecular flexibility index (Phi) is 4.01. The molecule has 0 aliphatic heterocycles. The molecule has 1 rings (SSSR count). The summed E-state index contributed by atoms with van der Waals surface area (Å²) in [6.07, 6.45) is 0.265. The zero-order valence-corrected chi connectivity index (χ0v) is 9.48. The first-order valence-corrected chi connectivity index (χ1v) is 5.24. The number of aromatic hydroxyl groups is 2. The van der Waals surface area contributed by atoms with E-state index in [4.69, 9.17) is 21.8 Å². The first-order chi connectivity index (χ1) is 7.41. The van der Waals surface area contributed by atoms with Crippen LogP contribution in [0.3, 0.4) is 0 Å². The van der Waals surface area contributed by atoms with Crippen molar-refractivity contribution in [2.45, 2.75) is 18.7 Å². The molecule has 0 saturated carbocycles. The van der Waals surface area contributed by atoms with Crippen LogP contribution in [0.1, 0.15) is 24.3 Å². The predicted octanol–water partition coefficient (Wildman–Crippen LogP) is 2.49. The molecule has 0 heterocycles. The largest absolute Gasteiger partial charge is 0.504 e. The maximum Gasteiger partial charge on any atom is 0.306 e. The molecule has 0 aromatic heterocycles. The van der Waals surface area contributed by atoms with E-state index in [0.29, 0.717) is 5.56 Å². The van der Waals surface area contributed by atoms with Gasteiger partial charge in [-0.15, -0.1) is 11.6 Å². The lowest BCUT2D eigenvalue weighted by Crippen LogP contribution is -2.11. The Labute approximate surface area is 98.1 Å². The molecule has 88 valence electrons. The van der Waals surface area contributed by atoms with Crippen molar-refractivity contribution < 1.29 is 20.1 Å². The molecule has 1 aromatic carbocycles. The highest BCUT2D eigenvalue weighted by atomic mass is 35.5. The van der Waals surface area contributed by atoms with Gasteiger partial charge in [0.15, 0.2) is 11.5 Å². The first-order valence-electron chi connectivity index (χ1n) is 4.80. The molecule has 0 aliphatic carbocycles. The molecule has 16 heavy (non-hydrogen) atoms. The van der Waals surface area contributed by atoms with E-state index in [1.807, 2.05) is 0 Å². The minimum absolute atomic E-state index is 0.223. The van der Waals surface area contributed by atoms with Crippen molar-refractivity contribution in [3.8, 4) is 11.5 Å². The number of hydrogen-bond acceptors (Lipinski definition) is 3. The molecule has 1 unspecified atom stereocenters. The van der Waals surface area contributed by atoms with Crippen molar-refractivity contribution in [1.82, 2.24) is 0 Å². The van der Waals surface area contributed by atoms with E-state index in [1.54, 1.807) is 13.0 Å². The minimum Gasteiger partial charge on any atom is -0.504 e. The highest BCUT2D eigenvalue weighted by molar-refractivity contribution is 6.20. The van der Waals surface area contributed by atoms with E-state index < -0.39 is 17.3 Å². The Morgan fingerprint density at radius 2 is 2.00 bits per heavy atom. The fourth-order valence-corrected chi connectivity index (χ4v) is 1.69. The molecular weight excluding hydrogens is 232 g/mol. The monoisotopic (exact) mass is 244 g/mol. The average Bonchev–Trinajstić information content (AvgIpc) is 2.21. The van der Waals surface area contributed by atoms with Crippen LogP contribution in [0.4, 0.5) is 0 Å². The van der Waals surface area contributed by atoms with Gasteiger partial charge in [-0.2, -0.15) is 0 Å². The van der Waals surface area contributed by atoms with Gasteiger partial charge in [0.1, 0.15) is 0 Å². The fourth-order valence-electron chi connectivity index (χ4n) is 1.28. The van der Waals surface area contributed by atoms with Gasteiger partial charge in [-0.25, -0.2) is 0 Å². The zero-order valence-electron chi connectivity index (χ0n) is 8.72. The maximum absolute atomic E-state index is 10.6. The first kappa shape index (κ1) is 12.6. The van der Waals surface area contributed by atoms with Crippen LogP contribution in [-0.2, 0) is 4.79 Å². The van der Waals surface area contributed by atoms with E-state index in [9.17, 15) is 9.90 Å². The molecule has 1 aromatic rings. The highest BCUT2D eigenvalue weighted by Crippen LogP contribution is 2.33. The number of carboxylic acids is 1. The van der Waals surface area contributed by atoms with E-state index in [2.05, 4.69) is 0 Å². The Hall–Kier alpha value is -1.42. The molecule has 0 fully saturated rings. The molecule has 4 nitrogen and oxygen atoms in total. The topological polar surface area (TPSA) is 77.8 Å². The molecule has 2 atom stereocenters. The summed E-state index contributed by atoms with van der Waals surface area (Å²) in [7, 11) is 0. The smallest absolute Gasteiger partial charge is 0.306 e. The van der Waals surface area contributed by atoms with Crippen LogP contribution in [0.25, 0.3) is 0 Å². The standard InChI is InChI=1S/C11H13ClO4/c1-6(11(15)16)4-8(12)7-2-3-9(13)10(14)5-7/h2-3,5-6,8,13-14H,4H2,1H3,(H,15,16)/t6-,8?/m0/s1.